The van der Waals surface area contributed by atoms with E-state index in [1.54, 1.807) is 37.1 Å². The first kappa shape index (κ1) is 23.7. The van der Waals surface area contributed by atoms with Gasteiger partial charge in [0.25, 0.3) is 5.91 Å². The zero-order valence-corrected chi connectivity index (χ0v) is 19.4. The molecule has 32 heavy (non-hydrogen) atoms. The number of hydrogen-bond donors (Lipinski definition) is 1. The summed E-state index contributed by atoms with van der Waals surface area (Å²) in [6, 6.07) is 5.15. The number of H-pyrrole nitrogens is 1. The van der Waals surface area contributed by atoms with Crippen molar-refractivity contribution >= 4 is 11.9 Å². The van der Waals surface area contributed by atoms with Gasteiger partial charge in [0.2, 0.25) is 0 Å². The number of benzene rings is 1. The third-order valence-corrected chi connectivity index (χ3v) is 5.80. The third-order valence-electron chi connectivity index (χ3n) is 5.80. The number of nitrogens with zero attached hydrogens (tertiary/aromatic N) is 1. The first-order valence-electron chi connectivity index (χ1n) is 10.9. The highest BCUT2D eigenvalue weighted by atomic mass is 16.5. The number of hydrogen-bond acceptors (Lipinski definition) is 6. The lowest BCUT2D eigenvalue weighted by atomic mass is 10.1. The van der Waals surface area contributed by atoms with E-state index in [2.05, 4.69) is 4.98 Å². The van der Waals surface area contributed by atoms with Crippen molar-refractivity contribution in [3.8, 4) is 11.5 Å². The number of amides is 1. The molecule has 1 aliphatic heterocycles. The van der Waals surface area contributed by atoms with Crippen LogP contribution in [0.1, 0.15) is 57.4 Å². The lowest BCUT2D eigenvalue weighted by Crippen LogP contribution is -2.37. The Morgan fingerprint density at radius 2 is 2.00 bits per heavy atom. The van der Waals surface area contributed by atoms with Crippen LogP contribution < -0.4 is 9.47 Å². The topological polar surface area (TPSA) is 90.1 Å². The molecular weight excluding hydrogens is 412 g/mol. The van der Waals surface area contributed by atoms with Gasteiger partial charge < -0.3 is 28.8 Å². The fraction of sp³-hybridized carbons (Fsp3) is 0.500. The number of methoxy groups -OCH3 is 2. The van der Waals surface area contributed by atoms with Crippen molar-refractivity contribution in [3.63, 3.8) is 0 Å². The van der Waals surface area contributed by atoms with Crippen molar-refractivity contribution < 1.29 is 28.5 Å². The minimum atomic E-state index is -0.395. The summed E-state index contributed by atoms with van der Waals surface area (Å²) < 4.78 is 21.7. The van der Waals surface area contributed by atoms with E-state index in [4.69, 9.17) is 18.9 Å². The average Bonchev–Trinajstić information content (AvgIpc) is 3.41. The average molecular weight is 445 g/mol. The Balaban J connectivity index is 1.94. The second-order valence-electron chi connectivity index (χ2n) is 7.84. The molecule has 8 heteroatoms. The fourth-order valence-corrected chi connectivity index (χ4v) is 4.02. The zero-order valence-electron chi connectivity index (χ0n) is 19.4. The minimum absolute atomic E-state index is 0.0210. The van der Waals surface area contributed by atoms with Crippen molar-refractivity contribution in [2.24, 2.45) is 0 Å². The van der Waals surface area contributed by atoms with Crippen LogP contribution in [-0.2, 0) is 16.0 Å². The molecule has 1 atom stereocenters. The number of aryl methyl sites for hydroxylation is 1. The van der Waals surface area contributed by atoms with Crippen LogP contribution in [0.5, 0.6) is 11.5 Å². The van der Waals surface area contributed by atoms with E-state index in [1.165, 1.54) is 7.11 Å². The number of nitrogens with one attached hydrogen (secondary N) is 1. The van der Waals surface area contributed by atoms with Gasteiger partial charge in [-0.05, 0) is 56.9 Å². The van der Waals surface area contributed by atoms with Gasteiger partial charge in [0.15, 0.2) is 0 Å². The summed E-state index contributed by atoms with van der Waals surface area (Å²) in [5.41, 5.74) is 3.38. The Hall–Kier alpha value is -3.00. The molecule has 1 amide bonds. The molecule has 1 saturated heterocycles. The number of ether oxygens (including phenoxy) is 4. The van der Waals surface area contributed by atoms with E-state index in [0.717, 1.165) is 29.7 Å². The highest BCUT2D eigenvalue weighted by Gasteiger charge is 2.28. The molecule has 2 aromatic rings. The Morgan fingerprint density at radius 1 is 1.22 bits per heavy atom. The van der Waals surface area contributed by atoms with E-state index in [1.807, 2.05) is 13.8 Å². The predicted octanol–water partition coefficient (Wildman–Crippen LogP) is 3.65. The maximum Gasteiger partial charge on any atom is 0.355 e. The summed E-state index contributed by atoms with van der Waals surface area (Å²) in [4.78, 5) is 30.8. The number of esters is 1. The molecule has 0 aliphatic carbocycles. The Bertz CT molecular complexity index is 962. The van der Waals surface area contributed by atoms with E-state index in [-0.39, 0.29) is 12.0 Å². The molecule has 0 saturated carbocycles. The summed E-state index contributed by atoms with van der Waals surface area (Å²) in [5, 5.41) is 0. The van der Waals surface area contributed by atoms with E-state index in [9.17, 15) is 9.59 Å². The number of carbonyl (C=O) groups excluding carboxylic acids is 2. The second-order valence-corrected chi connectivity index (χ2v) is 7.84. The molecule has 1 N–H and O–H groups in total. The van der Waals surface area contributed by atoms with Crippen molar-refractivity contribution in [2.75, 3.05) is 34.0 Å². The van der Waals surface area contributed by atoms with Gasteiger partial charge >= 0.3 is 5.97 Å². The van der Waals surface area contributed by atoms with Gasteiger partial charge in [0, 0.05) is 31.5 Å². The third kappa shape index (κ3) is 5.07. The van der Waals surface area contributed by atoms with E-state index < -0.39 is 5.97 Å². The molecule has 1 aromatic carbocycles. The number of aromatic amines is 1. The maximum atomic E-state index is 13.6. The van der Waals surface area contributed by atoms with Crippen LogP contribution in [0.3, 0.4) is 0 Å². The van der Waals surface area contributed by atoms with Crippen LogP contribution in [0.4, 0.5) is 0 Å². The van der Waals surface area contributed by atoms with Crippen LogP contribution in [0.15, 0.2) is 18.2 Å². The first-order chi connectivity index (χ1) is 15.4. The minimum Gasteiger partial charge on any atom is -0.497 e. The SMILES string of the molecule is CCOC(=O)c1[nH]c(C)c(CN(C[C@@H]2CCCO2)C(=O)c2ccc(OC)cc2OC)c1C. The molecular formula is C24H32N2O6. The quantitative estimate of drug-likeness (QED) is 0.594. The van der Waals surface area contributed by atoms with Crippen LogP contribution in [0.2, 0.25) is 0 Å². The van der Waals surface area contributed by atoms with Gasteiger partial charge in [-0.3, -0.25) is 4.79 Å². The lowest BCUT2D eigenvalue weighted by molar-refractivity contribution is 0.0504. The summed E-state index contributed by atoms with van der Waals surface area (Å²) in [5.74, 6) is 0.493. The number of carbonyl (C=O) groups is 2. The zero-order chi connectivity index (χ0) is 23.3. The van der Waals surface area contributed by atoms with Gasteiger partial charge in [0.1, 0.15) is 17.2 Å². The summed E-state index contributed by atoms with van der Waals surface area (Å²) in [6.07, 6.45) is 1.86. The molecule has 174 valence electrons. The summed E-state index contributed by atoms with van der Waals surface area (Å²) in [7, 11) is 3.10. The molecule has 8 nitrogen and oxygen atoms in total. The van der Waals surface area contributed by atoms with Crippen LogP contribution in [0, 0.1) is 13.8 Å². The normalized spacial score (nSPS) is 15.5. The van der Waals surface area contributed by atoms with Gasteiger partial charge in [-0.15, -0.1) is 0 Å². The molecule has 3 rings (SSSR count). The summed E-state index contributed by atoms with van der Waals surface area (Å²) in [6.45, 7) is 7.32. The van der Waals surface area contributed by atoms with Gasteiger partial charge in [0.05, 0.1) is 32.5 Å². The monoisotopic (exact) mass is 444 g/mol. The van der Waals surface area contributed by atoms with Gasteiger partial charge in [-0.2, -0.15) is 0 Å². The maximum absolute atomic E-state index is 13.6. The van der Waals surface area contributed by atoms with Gasteiger partial charge in [-0.25, -0.2) is 4.79 Å². The van der Waals surface area contributed by atoms with E-state index in [0.29, 0.717) is 49.1 Å². The Kier molecular flexibility index (Phi) is 7.80. The molecule has 0 unspecified atom stereocenters. The molecule has 1 fully saturated rings. The number of aromatic nitrogens is 1. The lowest BCUT2D eigenvalue weighted by Gasteiger charge is -2.27. The highest BCUT2D eigenvalue weighted by Crippen LogP contribution is 2.28. The first-order valence-corrected chi connectivity index (χ1v) is 10.9. The second kappa shape index (κ2) is 10.5. The summed E-state index contributed by atoms with van der Waals surface area (Å²) >= 11 is 0. The van der Waals surface area contributed by atoms with E-state index >= 15 is 0 Å². The molecule has 2 heterocycles. The van der Waals surface area contributed by atoms with Crippen molar-refractivity contribution in [1.82, 2.24) is 9.88 Å². The molecule has 1 aliphatic rings. The standard InChI is InChI=1S/C24H32N2O6/c1-6-31-24(28)22-15(2)20(16(3)25-22)14-26(13-18-8-7-11-32-18)23(27)19-10-9-17(29-4)12-21(19)30-5/h9-10,12,18,25H,6-8,11,13-14H2,1-5H3/t18-/m0/s1. The van der Waals surface area contributed by atoms with Crippen LogP contribution >= 0.6 is 0 Å². The smallest absolute Gasteiger partial charge is 0.355 e. The van der Waals surface area contributed by atoms with Crippen LogP contribution in [0.25, 0.3) is 0 Å². The predicted molar refractivity (Wildman–Crippen MR) is 119 cm³/mol. The molecule has 0 spiro atoms. The largest absolute Gasteiger partial charge is 0.497 e. The van der Waals surface area contributed by atoms with Crippen LogP contribution in [-0.4, -0.2) is 61.8 Å². The molecule has 0 bridgehead atoms. The number of rotatable bonds is 9. The van der Waals surface area contributed by atoms with Crippen molar-refractivity contribution in [3.05, 3.63) is 46.3 Å². The highest BCUT2D eigenvalue weighted by molar-refractivity contribution is 5.97. The fourth-order valence-electron chi connectivity index (χ4n) is 4.02. The Morgan fingerprint density at radius 3 is 2.62 bits per heavy atom. The molecule has 0 radical (unpaired) electrons. The molecule has 1 aromatic heterocycles. The van der Waals surface area contributed by atoms with Crippen molar-refractivity contribution in [1.29, 1.82) is 0 Å². The van der Waals surface area contributed by atoms with Crippen molar-refractivity contribution in [2.45, 2.75) is 46.3 Å². The Labute approximate surface area is 188 Å². The van der Waals surface area contributed by atoms with Gasteiger partial charge in [-0.1, -0.05) is 0 Å².